The summed E-state index contributed by atoms with van der Waals surface area (Å²) in [6.45, 7) is 4.31. The van der Waals surface area contributed by atoms with Gasteiger partial charge in [0.25, 0.3) is 0 Å². The van der Waals surface area contributed by atoms with E-state index in [1.165, 1.54) is 0 Å². The van der Waals surface area contributed by atoms with Crippen molar-refractivity contribution in [3.63, 3.8) is 0 Å². The van der Waals surface area contributed by atoms with Crippen LogP contribution >= 0.6 is 0 Å². The molecule has 0 bridgehead atoms. The number of esters is 1. The zero-order valence-electron chi connectivity index (χ0n) is 22.9. The van der Waals surface area contributed by atoms with Crippen molar-refractivity contribution in [2.75, 3.05) is 27.9 Å². The van der Waals surface area contributed by atoms with Gasteiger partial charge in [0.2, 0.25) is 0 Å². The fourth-order valence-electron chi connectivity index (χ4n) is 5.39. The summed E-state index contributed by atoms with van der Waals surface area (Å²) in [7, 11) is 4.81. The van der Waals surface area contributed by atoms with Crippen LogP contribution in [0, 0.1) is 0 Å². The van der Waals surface area contributed by atoms with Gasteiger partial charge >= 0.3 is 5.97 Å². The molecule has 1 heterocycles. The first kappa shape index (κ1) is 27.3. The molecule has 0 saturated carbocycles. The van der Waals surface area contributed by atoms with Crippen LogP contribution in [-0.2, 0) is 14.3 Å². The van der Waals surface area contributed by atoms with E-state index in [2.05, 4.69) is 12.2 Å². The summed E-state index contributed by atoms with van der Waals surface area (Å²) in [5.41, 5.74) is 4.32. The molecule has 7 heteroatoms. The van der Waals surface area contributed by atoms with E-state index in [0.29, 0.717) is 53.4 Å². The Balaban J connectivity index is 1.77. The average Bonchev–Trinajstić information content (AvgIpc) is 2.94. The lowest BCUT2D eigenvalue weighted by molar-refractivity contribution is -0.139. The minimum atomic E-state index is -0.626. The molecule has 2 aliphatic rings. The second-order valence-electron chi connectivity index (χ2n) is 9.74. The van der Waals surface area contributed by atoms with E-state index in [9.17, 15) is 9.59 Å². The lowest BCUT2D eigenvalue weighted by Gasteiger charge is -2.37. The summed E-state index contributed by atoms with van der Waals surface area (Å²) in [5.74, 6) is 0.948. The number of unbranched alkanes of at least 4 members (excludes halogenated alkanes) is 2. The van der Waals surface area contributed by atoms with Crippen LogP contribution in [-0.4, -0.2) is 39.7 Å². The molecule has 2 aromatic rings. The van der Waals surface area contributed by atoms with E-state index < -0.39 is 11.9 Å². The Morgan fingerprint density at radius 3 is 2.32 bits per heavy atom. The Bertz CT molecular complexity index is 1240. The number of dihydropyridines is 1. The van der Waals surface area contributed by atoms with Gasteiger partial charge in [-0.1, -0.05) is 31.9 Å². The number of carbonyl (C=O) groups is 2. The van der Waals surface area contributed by atoms with Crippen molar-refractivity contribution in [2.24, 2.45) is 0 Å². The molecule has 0 aromatic heterocycles. The summed E-state index contributed by atoms with van der Waals surface area (Å²) in [5, 5.41) is 3.41. The van der Waals surface area contributed by atoms with E-state index in [1.54, 1.807) is 27.4 Å². The highest BCUT2D eigenvalue weighted by molar-refractivity contribution is 6.04. The molecule has 0 fully saturated rings. The van der Waals surface area contributed by atoms with E-state index in [1.807, 2.05) is 43.3 Å². The van der Waals surface area contributed by atoms with Crippen LogP contribution in [0.15, 0.2) is 65.0 Å². The van der Waals surface area contributed by atoms with E-state index >= 15 is 0 Å². The third-order valence-corrected chi connectivity index (χ3v) is 7.36. The fourth-order valence-corrected chi connectivity index (χ4v) is 5.39. The van der Waals surface area contributed by atoms with Crippen LogP contribution in [0.25, 0.3) is 0 Å². The van der Waals surface area contributed by atoms with Gasteiger partial charge in [-0.05, 0) is 61.6 Å². The molecule has 0 radical (unpaired) electrons. The van der Waals surface area contributed by atoms with Crippen molar-refractivity contribution >= 4 is 11.8 Å². The Labute approximate surface area is 224 Å². The lowest BCUT2D eigenvalue weighted by Crippen LogP contribution is -2.36. The maximum atomic E-state index is 13.9. The van der Waals surface area contributed by atoms with Crippen molar-refractivity contribution in [1.29, 1.82) is 0 Å². The number of hydrogen-bond donors (Lipinski definition) is 1. The largest absolute Gasteiger partial charge is 0.497 e. The van der Waals surface area contributed by atoms with Crippen molar-refractivity contribution in [3.05, 3.63) is 76.1 Å². The number of allylic oxidation sites excluding steroid dienone is 3. The Kier molecular flexibility index (Phi) is 8.77. The van der Waals surface area contributed by atoms with E-state index in [0.717, 1.165) is 36.3 Å². The van der Waals surface area contributed by atoms with Crippen LogP contribution < -0.4 is 19.5 Å². The van der Waals surface area contributed by atoms with E-state index in [-0.39, 0.29) is 11.7 Å². The van der Waals surface area contributed by atoms with Crippen LogP contribution in [0.5, 0.6) is 17.2 Å². The average molecular weight is 520 g/mol. The van der Waals surface area contributed by atoms with Gasteiger partial charge in [0.15, 0.2) is 5.78 Å². The zero-order valence-corrected chi connectivity index (χ0v) is 22.9. The standard InChI is InChI=1S/C31H37NO6/c1-6-7-8-15-38-31(34)28-19(2)32-25-16-21(20-9-11-22(35-3)12-10-20)17-26(33)30(25)29(28)24-18-23(36-4)13-14-27(24)37-5/h9-14,18,21,29,32H,6-8,15-17H2,1-5H3/t21-,29+/m0/s1. The van der Waals surface area contributed by atoms with Gasteiger partial charge in [-0.25, -0.2) is 4.79 Å². The first-order valence-electron chi connectivity index (χ1n) is 13.2. The second-order valence-corrected chi connectivity index (χ2v) is 9.74. The number of ketones is 1. The van der Waals surface area contributed by atoms with Crippen LogP contribution in [0.4, 0.5) is 0 Å². The number of carbonyl (C=O) groups excluding carboxylic acids is 2. The highest BCUT2D eigenvalue weighted by atomic mass is 16.5. The molecule has 2 aromatic carbocycles. The third kappa shape index (κ3) is 5.57. The maximum absolute atomic E-state index is 13.9. The summed E-state index contributed by atoms with van der Waals surface area (Å²) >= 11 is 0. The molecular formula is C31H37NO6. The Hall–Kier alpha value is -3.74. The summed E-state index contributed by atoms with van der Waals surface area (Å²) in [4.78, 5) is 27.4. The van der Waals surface area contributed by atoms with Gasteiger partial charge in [0.05, 0.1) is 39.4 Å². The monoisotopic (exact) mass is 519 g/mol. The molecule has 0 unspecified atom stereocenters. The predicted molar refractivity (Wildman–Crippen MR) is 146 cm³/mol. The molecule has 202 valence electrons. The van der Waals surface area contributed by atoms with Crippen molar-refractivity contribution in [3.8, 4) is 17.2 Å². The topological polar surface area (TPSA) is 83.1 Å². The molecular weight excluding hydrogens is 482 g/mol. The summed E-state index contributed by atoms with van der Waals surface area (Å²) in [6, 6.07) is 13.3. The third-order valence-electron chi connectivity index (χ3n) is 7.36. The van der Waals surface area contributed by atoms with Gasteiger partial charge in [0.1, 0.15) is 17.2 Å². The van der Waals surface area contributed by atoms with Crippen molar-refractivity contribution in [2.45, 2.75) is 57.8 Å². The fraction of sp³-hybridized carbons (Fsp3) is 0.419. The number of benzene rings is 2. The molecule has 1 aliphatic heterocycles. The normalized spacial score (nSPS) is 19.0. The molecule has 7 nitrogen and oxygen atoms in total. The highest BCUT2D eigenvalue weighted by Gasteiger charge is 2.42. The minimum absolute atomic E-state index is 0.00164. The van der Waals surface area contributed by atoms with Crippen LogP contribution in [0.2, 0.25) is 0 Å². The number of rotatable bonds is 10. The summed E-state index contributed by atoms with van der Waals surface area (Å²) in [6.07, 6.45) is 3.80. The van der Waals surface area contributed by atoms with Gasteiger partial charge in [0, 0.05) is 29.0 Å². The predicted octanol–water partition coefficient (Wildman–Crippen LogP) is 5.81. The second kappa shape index (κ2) is 12.2. The molecule has 2 atom stereocenters. The van der Waals surface area contributed by atoms with Crippen molar-refractivity contribution in [1.82, 2.24) is 5.32 Å². The maximum Gasteiger partial charge on any atom is 0.336 e. The number of nitrogens with one attached hydrogen (secondary N) is 1. The number of Topliss-reactive ketones (excluding diaryl/α,β-unsaturated/α-hetero) is 1. The molecule has 0 saturated heterocycles. The SMILES string of the molecule is CCCCCOC(=O)C1=C(C)NC2=C(C(=O)C[C@@H](c3ccc(OC)cc3)C2)[C@@H]1c1cc(OC)ccc1OC. The van der Waals surface area contributed by atoms with Crippen molar-refractivity contribution < 1.29 is 28.5 Å². The molecule has 4 rings (SSSR count). The van der Waals surface area contributed by atoms with Gasteiger partial charge in [-0.2, -0.15) is 0 Å². The number of methoxy groups -OCH3 is 3. The molecule has 1 N–H and O–H groups in total. The highest BCUT2D eigenvalue weighted by Crippen LogP contribution is 2.48. The Morgan fingerprint density at radius 2 is 1.66 bits per heavy atom. The number of ether oxygens (including phenoxy) is 4. The van der Waals surface area contributed by atoms with E-state index in [4.69, 9.17) is 18.9 Å². The Morgan fingerprint density at radius 1 is 0.947 bits per heavy atom. The van der Waals surface area contributed by atoms with Crippen LogP contribution in [0.1, 0.15) is 68.9 Å². The smallest absolute Gasteiger partial charge is 0.336 e. The van der Waals surface area contributed by atoms with Gasteiger partial charge in [-0.15, -0.1) is 0 Å². The molecule has 0 amide bonds. The quantitative estimate of drug-likeness (QED) is 0.313. The molecule has 1 aliphatic carbocycles. The lowest BCUT2D eigenvalue weighted by atomic mass is 9.71. The zero-order chi connectivity index (χ0) is 27.2. The molecule has 38 heavy (non-hydrogen) atoms. The minimum Gasteiger partial charge on any atom is -0.497 e. The molecule has 0 spiro atoms. The first-order valence-corrected chi connectivity index (χ1v) is 13.2. The van der Waals surface area contributed by atoms with Gasteiger partial charge < -0.3 is 24.3 Å². The number of hydrogen-bond acceptors (Lipinski definition) is 7. The van der Waals surface area contributed by atoms with Gasteiger partial charge in [-0.3, -0.25) is 4.79 Å². The summed E-state index contributed by atoms with van der Waals surface area (Å²) < 4.78 is 22.2. The van der Waals surface area contributed by atoms with Crippen LogP contribution in [0.3, 0.4) is 0 Å². The first-order chi connectivity index (χ1) is 18.4.